The third kappa shape index (κ3) is 5.30. The Morgan fingerprint density at radius 1 is 1.24 bits per heavy atom. The van der Waals surface area contributed by atoms with Crippen molar-refractivity contribution in [2.24, 2.45) is 0 Å². The van der Waals surface area contributed by atoms with Gasteiger partial charge in [-0.25, -0.2) is 4.98 Å². The van der Waals surface area contributed by atoms with Gasteiger partial charge < -0.3 is 19.5 Å². The SMILES string of the molecule is COCCN(C)CCNCc1ccc(-n2ccnc2)cc1. The van der Waals surface area contributed by atoms with Crippen molar-refractivity contribution in [3.8, 4) is 5.69 Å². The highest BCUT2D eigenvalue weighted by molar-refractivity contribution is 5.34. The van der Waals surface area contributed by atoms with E-state index in [-0.39, 0.29) is 0 Å². The Hall–Kier alpha value is -1.69. The molecule has 1 heterocycles. The lowest BCUT2D eigenvalue weighted by Gasteiger charge is -2.16. The normalized spacial score (nSPS) is 11.2. The predicted molar refractivity (Wildman–Crippen MR) is 84.6 cm³/mol. The van der Waals surface area contributed by atoms with Crippen LogP contribution in [0.2, 0.25) is 0 Å². The minimum atomic E-state index is 0.784. The van der Waals surface area contributed by atoms with E-state index in [0.29, 0.717) is 0 Å². The molecule has 0 aliphatic heterocycles. The molecule has 2 aromatic rings. The molecule has 0 aliphatic carbocycles. The van der Waals surface area contributed by atoms with Gasteiger partial charge in [0.25, 0.3) is 0 Å². The number of nitrogens with one attached hydrogen (secondary N) is 1. The van der Waals surface area contributed by atoms with Crippen LogP contribution in [0.3, 0.4) is 0 Å². The van der Waals surface area contributed by atoms with Crippen LogP contribution in [0.1, 0.15) is 5.56 Å². The first-order valence-electron chi connectivity index (χ1n) is 7.25. The lowest BCUT2D eigenvalue weighted by atomic mass is 10.2. The van der Waals surface area contributed by atoms with Gasteiger partial charge in [-0.3, -0.25) is 0 Å². The van der Waals surface area contributed by atoms with Crippen LogP contribution in [0.5, 0.6) is 0 Å². The molecular formula is C16H24N4O. The highest BCUT2D eigenvalue weighted by Gasteiger charge is 1.99. The number of hydrogen-bond donors (Lipinski definition) is 1. The van der Waals surface area contributed by atoms with Crippen LogP contribution in [0.4, 0.5) is 0 Å². The van der Waals surface area contributed by atoms with E-state index in [9.17, 15) is 0 Å². The number of nitrogens with zero attached hydrogens (tertiary/aromatic N) is 3. The highest BCUT2D eigenvalue weighted by atomic mass is 16.5. The van der Waals surface area contributed by atoms with E-state index in [1.807, 2.05) is 17.1 Å². The van der Waals surface area contributed by atoms with Crippen molar-refractivity contribution < 1.29 is 4.74 Å². The number of rotatable bonds is 9. The second kappa shape index (κ2) is 8.56. The van der Waals surface area contributed by atoms with Crippen molar-refractivity contribution in [3.63, 3.8) is 0 Å². The van der Waals surface area contributed by atoms with E-state index in [4.69, 9.17) is 4.74 Å². The predicted octanol–water partition coefficient (Wildman–Crippen LogP) is 1.54. The van der Waals surface area contributed by atoms with E-state index in [2.05, 4.69) is 46.5 Å². The van der Waals surface area contributed by atoms with Gasteiger partial charge in [0.05, 0.1) is 12.9 Å². The van der Waals surface area contributed by atoms with Crippen molar-refractivity contribution in [2.75, 3.05) is 40.4 Å². The Kier molecular flexibility index (Phi) is 6.40. The Morgan fingerprint density at radius 2 is 2.05 bits per heavy atom. The number of methoxy groups -OCH3 is 1. The number of aromatic nitrogens is 2. The smallest absolute Gasteiger partial charge is 0.0991 e. The summed E-state index contributed by atoms with van der Waals surface area (Å²) in [6, 6.07) is 8.53. The van der Waals surface area contributed by atoms with Gasteiger partial charge in [0.1, 0.15) is 0 Å². The second-order valence-corrected chi connectivity index (χ2v) is 5.11. The van der Waals surface area contributed by atoms with Crippen LogP contribution in [0.25, 0.3) is 5.69 Å². The number of imidazole rings is 1. The maximum Gasteiger partial charge on any atom is 0.0991 e. The first kappa shape index (κ1) is 15.7. The minimum Gasteiger partial charge on any atom is -0.383 e. The Labute approximate surface area is 126 Å². The summed E-state index contributed by atoms with van der Waals surface area (Å²) in [5.41, 5.74) is 2.42. The van der Waals surface area contributed by atoms with E-state index in [0.717, 1.165) is 38.5 Å². The average Bonchev–Trinajstić information content (AvgIpc) is 3.04. The van der Waals surface area contributed by atoms with Crippen LogP contribution in [0.15, 0.2) is 43.0 Å². The van der Waals surface area contributed by atoms with Gasteiger partial charge in [-0.05, 0) is 24.7 Å². The van der Waals surface area contributed by atoms with Gasteiger partial charge in [0.15, 0.2) is 0 Å². The fourth-order valence-electron chi connectivity index (χ4n) is 2.06. The molecule has 0 spiro atoms. The monoisotopic (exact) mass is 288 g/mol. The molecule has 1 aromatic heterocycles. The molecule has 5 nitrogen and oxygen atoms in total. The summed E-state index contributed by atoms with van der Waals surface area (Å²) >= 11 is 0. The van der Waals surface area contributed by atoms with Crippen molar-refractivity contribution >= 4 is 0 Å². The molecule has 1 N–H and O–H groups in total. The molecule has 0 radical (unpaired) electrons. The zero-order valence-corrected chi connectivity index (χ0v) is 12.8. The molecule has 1 aromatic carbocycles. The summed E-state index contributed by atoms with van der Waals surface area (Å²) in [6.45, 7) is 4.65. The highest BCUT2D eigenvalue weighted by Crippen LogP contribution is 2.08. The summed E-state index contributed by atoms with van der Waals surface area (Å²) in [6.07, 6.45) is 5.54. The van der Waals surface area contributed by atoms with E-state index < -0.39 is 0 Å². The summed E-state index contributed by atoms with van der Waals surface area (Å²) < 4.78 is 7.06. The Balaban J connectivity index is 1.69. The van der Waals surface area contributed by atoms with Crippen molar-refractivity contribution in [1.29, 1.82) is 0 Å². The lowest BCUT2D eigenvalue weighted by Crippen LogP contribution is -2.31. The number of ether oxygens (including phenoxy) is 1. The van der Waals surface area contributed by atoms with Crippen molar-refractivity contribution in [2.45, 2.75) is 6.54 Å². The number of likely N-dealkylation sites (N-methyl/N-ethyl adjacent to an activating group) is 1. The van der Waals surface area contributed by atoms with Gasteiger partial charge >= 0.3 is 0 Å². The zero-order valence-electron chi connectivity index (χ0n) is 12.8. The molecule has 0 saturated carbocycles. The van der Waals surface area contributed by atoms with Gasteiger partial charge in [-0.15, -0.1) is 0 Å². The van der Waals surface area contributed by atoms with Gasteiger partial charge in [-0.2, -0.15) is 0 Å². The molecule has 114 valence electrons. The fourth-order valence-corrected chi connectivity index (χ4v) is 2.06. The molecule has 0 aliphatic rings. The van der Waals surface area contributed by atoms with Crippen LogP contribution in [0, 0.1) is 0 Å². The first-order chi connectivity index (χ1) is 10.3. The molecule has 0 fully saturated rings. The number of benzene rings is 1. The third-order valence-electron chi connectivity index (χ3n) is 3.42. The van der Waals surface area contributed by atoms with E-state index in [1.165, 1.54) is 5.56 Å². The van der Waals surface area contributed by atoms with Crippen molar-refractivity contribution in [3.05, 3.63) is 48.5 Å². The molecule has 2 rings (SSSR count). The third-order valence-corrected chi connectivity index (χ3v) is 3.42. The van der Waals surface area contributed by atoms with Crippen LogP contribution in [-0.2, 0) is 11.3 Å². The Morgan fingerprint density at radius 3 is 2.71 bits per heavy atom. The topological polar surface area (TPSA) is 42.3 Å². The summed E-state index contributed by atoms with van der Waals surface area (Å²) in [4.78, 5) is 6.32. The maximum atomic E-state index is 5.06. The molecule has 0 saturated heterocycles. The summed E-state index contributed by atoms with van der Waals surface area (Å²) in [5.74, 6) is 0. The van der Waals surface area contributed by atoms with Gasteiger partial charge in [0, 0.05) is 51.4 Å². The molecule has 0 atom stereocenters. The lowest BCUT2D eigenvalue weighted by molar-refractivity contribution is 0.161. The quantitative estimate of drug-likeness (QED) is 0.711. The molecule has 0 amide bonds. The van der Waals surface area contributed by atoms with Crippen LogP contribution < -0.4 is 5.32 Å². The standard InChI is InChI=1S/C16H24N4O/c1-19(11-12-21-2)9-7-17-13-15-3-5-16(6-4-15)20-10-8-18-14-20/h3-6,8,10,14,17H,7,9,11-13H2,1-2H3. The molecular weight excluding hydrogens is 264 g/mol. The largest absolute Gasteiger partial charge is 0.383 e. The Bertz CT molecular complexity index is 496. The van der Waals surface area contributed by atoms with Crippen molar-refractivity contribution in [1.82, 2.24) is 19.8 Å². The van der Waals surface area contributed by atoms with Crippen LogP contribution in [-0.4, -0.2) is 54.8 Å². The maximum absolute atomic E-state index is 5.06. The molecule has 5 heteroatoms. The fraction of sp³-hybridized carbons (Fsp3) is 0.438. The zero-order chi connectivity index (χ0) is 14.9. The summed E-state index contributed by atoms with van der Waals surface area (Å²) in [5, 5.41) is 3.46. The molecule has 0 bridgehead atoms. The van der Waals surface area contributed by atoms with Gasteiger partial charge in [-0.1, -0.05) is 12.1 Å². The summed E-state index contributed by atoms with van der Waals surface area (Å²) in [7, 11) is 3.85. The van der Waals surface area contributed by atoms with Crippen LogP contribution >= 0.6 is 0 Å². The molecule has 0 unspecified atom stereocenters. The van der Waals surface area contributed by atoms with E-state index in [1.54, 1.807) is 13.3 Å². The average molecular weight is 288 g/mol. The van der Waals surface area contributed by atoms with E-state index >= 15 is 0 Å². The minimum absolute atomic E-state index is 0.784. The first-order valence-corrected chi connectivity index (χ1v) is 7.25. The molecule has 21 heavy (non-hydrogen) atoms. The number of hydrogen-bond acceptors (Lipinski definition) is 4. The second-order valence-electron chi connectivity index (χ2n) is 5.11. The van der Waals surface area contributed by atoms with Gasteiger partial charge in [0.2, 0.25) is 0 Å².